The largest absolute Gasteiger partial charge is 0.493 e. The molecule has 2 aliphatic rings. The van der Waals surface area contributed by atoms with E-state index in [4.69, 9.17) is 4.74 Å². The lowest BCUT2D eigenvalue weighted by Gasteiger charge is -2.32. The normalized spacial score (nSPS) is 21.1. The highest BCUT2D eigenvalue weighted by atomic mass is 16.5. The molecule has 0 aliphatic carbocycles. The van der Waals surface area contributed by atoms with Crippen LogP contribution in [0.25, 0.3) is 0 Å². The molecule has 1 saturated heterocycles. The maximum absolute atomic E-state index is 12.4. The monoisotopic (exact) mass is 345 g/mol. The molecule has 1 aromatic rings. The van der Waals surface area contributed by atoms with Crippen molar-refractivity contribution in [2.75, 3.05) is 32.8 Å². The topological polar surface area (TPSA) is 70.7 Å². The fraction of sp³-hybridized carbons (Fsp3) is 0.579. The Bertz CT molecular complexity index is 612. The summed E-state index contributed by atoms with van der Waals surface area (Å²) in [6.07, 6.45) is 2.85. The fourth-order valence-electron chi connectivity index (χ4n) is 3.57. The van der Waals surface area contributed by atoms with Crippen LogP contribution < -0.4 is 15.4 Å². The number of ether oxygens (including phenoxy) is 1. The number of hydrogen-bond acceptors (Lipinski definition) is 4. The molecule has 0 radical (unpaired) electrons. The summed E-state index contributed by atoms with van der Waals surface area (Å²) in [6, 6.07) is 7.94. The molecule has 0 saturated carbocycles. The van der Waals surface area contributed by atoms with Gasteiger partial charge in [-0.25, -0.2) is 0 Å². The Kier molecular flexibility index (Phi) is 5.91. The van der Waals surface area contributed by atoms with E-state index in [0.717, 1.165) is 50.2 Å². The molecule has 3 rings (SSSR count). The highest BCUT2D eigenvalue weighted by molar-refractivity contribution is 5.78. The number of likely N-dealkylation sites (tertiary alicyclic amines) is 1. The Morgan fingerprint density at radius 3 is 2.72 bits per heavy atom. The molecular formula is C19H27N3O3. The van der Waals surface area contributed by atoms with Crippen LogP contribution in [-0.2, 0) is 9.59 Å². The molecule has 0 spiro atoms. The van der Waals surface area contributed by atoms with Crippen LogP contribution in [0.1, 0.15) is 37.8 Å². The first kappa shape index (κ1) is 17.7. The number of carbonyl (C=O) groups is 2. The van der Waals surface area contributed by atoms with Gasteiger partial charge < -0.3 is 15.4 Å². The summed E-state index contributed by atoms with van der Waals surface area (Å²) in [5.74, 6) is 1.49. The molecule has 2 aliphatic heterocycles. The second-order valence-electron chi connectivity index (χ2n) is 6.95. The van der Waals surface area contributed by atoms with Gasteiger partial charge in [0.1, 0.15) is 5.75 Å². The summed E-state index contributed by atoms with van der Waals surface area (Å²) in [5.41, 5.74) is 1.07. The predicted octanol–water partition coefficient (Wildman–Crippen LogP) is 1.47. The summed E-state index contributed by atoms with van der Waals surface area (Å²) in [5, 5.41) is 6.04. The van der Waals surface area contributed by atoms with Crippen LogP contribution in [0.15, 0.2) is 24.3 Å². The van der Waals surface area contributed by atoms with Crippen molar-refractivity contribution < 1.29 is 14.3 Å². The molecule has 0 bridgehead atoms. The van der Waals surface area contributed by atoms with Gasteiger partial charge in [0, 0.05) is 25.5 Å². The summed E-state index contributed by atoms with van der Waals surface area (Å²) in [6.45, 7) is 5.18. The van der Waals surface area contributed by atoms with Gasteiger partial charge in [0.25, 0.3) is 0 Å². The van der Waals surface area contributed by atoms with Crippen molar-refractivity contribution in [1.82, 2.24) is 15.5 Å². The lowest BCUT2D eigenvalue weighted by molar-refractivity contribution is -0.123. The first-order valence-electron chi connectivity index (χ1n) is 9.09. The lowest BCUT2D eigenvalue weighted by atomic mass is 9.96. The van der Waals surface area contributed by atoms with Crippen molar-refractivity contribution in [2.45, 2.75) is 32.2 Å². The highest BCUT2D eigenvalue weighted by Crippen LogP contribution is 2.31. The maximum atomic E-state index is 12.4. The minimum Gasteiger partial charge on any atom is -0.493 e. The van der Waals surface area contributed by atoms with E-state index in [9.17, 15) is 9.59 Å². The molecule has 0 aromatic heterocycles. The van der Waals surface area contributed by atoms with Crippen molar-refractivity contribution in [3.63, 3.8) is 0 Å². The standard InChI is InChI=1S/C19H27N3O3/c1-14(23)20-12-15-6-9-22(10-7-15)13-19(24)21-17-8-11-25-18-5-3-2-4-16(17)18/h2-5,15,17H,6-13H2,1H3,(H,20,23)(H,21,24). The van der Waals surface area contributed by atoms with Gasteiger partial charge in [-0.05, 0) is 37.9 Å². The van der Waals surface area contributed by atoms with E-state index in [1.165, 1.54) is 0 Å². The number of carbonyl (C=O) groups excluding carboxylic acids is 2. The first-order valence-corrected chi connectivity index (χ1v) is 9.09. The quantitative estimate of drug-likeness (QED) is 0.848. The molecular weight excluding hydrogens is 318 g/mol. The second kappa shape index (κ2) is 8.34. The summed E-state index contributed by atoms with van der Waals surface area (Å²) in [7, 11) is 0. The van der Waals surface area contributed by atoms with Gasteiger partial charge >= 0.3 is 0 Å². The average Bonchev–Trinajstić information content (AvgIpc) is 2.61. The molecule has 6 heteroatoms. The molecule has 2 N–H and O–H groups in total. The zero-order valence-corrected chi connectivity index (χ0v) is 14.8. The minimum atomic E-state index is 0.0264. The van der Waals surface area contributed by atoms with E-state index in [-0.39, 0.29) is 17.9 Å². The van der Waals surface area contributed by atoms with E-state index in [1.54, 1.807) is 6.92 Å². The maximum Gasteiger partial charge on any atom is 0.234 e. The van der Waals surface area contributed by atoms with Gasteiger partial charge in [-0.2, -0.15) is 0 Å². The molecule has 25 heavy (non-hydrogen) atoms. The third-order valence-corrected chi connectivity index (χ3v) is 5.01. The molecule has 6 nitrogen and oxygen atoms in total. The zero-order chi connectivity index (χ0) is 17.6. The zero-order valence-electron chi connectivity index (χ0n) is 14.8. The van der Waals surface area contributed by atoms with Crippen LogP contribution >= 0.6 is 0 Å². The third-order valence-electron chi connectivity index (χ3n) is 5.01. The van der Waals surface area contributed by atoms with Crippen LogP contribution in [-0.4, -0.2) is 49.5 Å². The Morgan fingerprint density at radius 2 is 1.96 bits per heavy atom. The lowest BCUT2D eigenvalue weighted by Crippen LogP contribution is -2.44. The summed E-state index contributed by atoms with van der Waals surface area (Å²) >= 11 is 0. The van der Waals surface area contributed by atoms with E-state index in [2.05, 4.69) is 15.5 Å². The van der Waals surface area contributed by atoms with Gasteiger partial charge in [0.15, 0.2) is 0 Å². The van der Waals surface area contributed by atoms with Gasteiger partial charge in [-0.15, -0.1) is 0 Å². The summed E-state index contributed by atoms with van der Waals surface area (Å²) in [4.78, 5) is 25.6. The molecule has 1 atom stereocenters. The van der Waals surface area contributed by atoms with E-state index < -0.39 is 0 Å². The van der Waals surface area contributed by atoms with Gasteiger partial charge in [0.05, 0.1) is 19.2 Å². The van der Waals surface area contributed by atoms with Crippen LogP contribution in [0.2, 0.25) is 0 Å². The van der Waals surface area contributed by atoms with Crippen LogP contribution in [0, 0.1) is 5.92 Å². The Labute approximate surface area is 148 Å². The van der Waals surface area contributed by atoms with Crippen molar-refractivity contribution in [2.24, 2.45) is 5.92 Å². The number of nitrogens with one attached hydrogen (secondary N) is 2. The number of para-hydroxylation sites is 1. The molecule has 1 aromatic carbocycles. The smallest absolute Gasteiger partial charge is 0.234 e. The van der Waals surface area contributed by atoms with Crippen LogP contribution in [0.5, 0.6) is 5.75 Å². The molecule has 1 unspecified atom stereocenters. The van der Waals surface area contributed by atoms with Crippen LogP contribution in [0.4, 0.5) is 0 Å². The van der Waals surface area contributed by atoms with Crippen molar-refractivity contribution in [3.05, 3.63) is 29.8 Å². The fourth-order valence-corrected chi connectivity index (χ4v) is 3.57. The number of hydrogen-bond donors (Lipinski definition) is 2. The van der Waals surface area contributed by atoms with Crippen molar-refractivity contribution in [3.8, 4) is 5.75 Å². The van der Waals surface area contributed by atoms with Gasteiger partial charge in [0.2, 0.25) is 11.8 Å². The first-order chi connectivity index (χ1) is 12.1. The number of piperidine rings is 1. The number of nitrogens with zero attached hydrogens (tertiary/aromatic N) is 1. The molecule has 2 amide bonds. The molecule has 2 heterocycles. The Balaban J connectivity index is 1.44. The van der Waals surface area contributed by atoms with Gasteiger partial charge in [-0.1, -0.05) is 18.2 Å². The summed E-state index contributed by atoms with van der Waals surface area (Å²) < 4.78 is 5.65. The SMILES string of the molecule is CC(=O)NCC1CCN(CC(=O)NC2CCOc3ccccc32)CC1. The Morgan fingerprint density at radius 1 is 1.20 bits per heavy atom. The molecule has 1 fully saturated rings. The van der Waals surface area contributed by atoms with Gasteiger partial charge in [-0.3, -0.25) is 14.5 Å². The number of amides is 2. The predicted molar refractivity (Wildman–Crippen MR) is 95.3 cm³/mol. The Hall–Kier alpha value is -2.08. The van der Waals surface area contributed by atoms with Crippen molar-refractivity contribution in [1.29, 1.82) is 0 Å². The number of fused-ring (bicyclic) bond motifs is 1. The van der Waals surface area contributed by atoms with Crippen molar-refractivity contribution >= 4 is 11.8 Å². The highest BCUT2D eigenvalue weighted by Gasteiger charge is 2.25. The number of rotatable bonds is 5. The van der Waals surface area contributed by atoms with Crippen LogP contribution in [0.3, 0.4) is 0 Å². The average molecular weight is 345 g/mol. The van der Waals surface area contributed by atoms with E-state index in [0.29, 0.717) is 19.1 Å². The molecule has 136 valence electrons. The second-order valence-corrected chi connectivity index (χ2v) is 6.95. The number of benzene rings is 1. The van der Waals surface area contributed by atoms with E-state index in [1.807, 2.05) is 24.3 Å². The third kappa shape index (κ3) is 4.95. The van der Waals surface area contributed by atoms with E-state index >= 15 is 0 Å². The minimum absolute atomic E-state index is 0.0264.